The van der Waals surface area contributed by atoms with E-state index in [0.29, 0.717) is 17.9 Å². The summed E-state index contributed by atoms with van der Waals surface area (Å²) in [6, 6.07) is 4.12. The first-order chi connectivity index (χ1) is 12.6. The van der Waals surface area contributed by atoms with Crippen molar-refractivity contribution in [3.8, 4) is 0 Å². The fourth-order valence-corrected chi connectivity index (χ4v) is 4.78. The lowest BCUT2D eigenvalue weighted by Crippen LogP contribution is -2.44. The summed E-state index contributed by atoms with van der Waals surface area (Å²) in [6.45, 7) is 4.17. The van der Waals surface area contributed by atoms with Crippen LogP contribution in [0, 0.1) is 5.92 Å². The van der Waals surface area contributed by atoms with Crippen LogP contribution in [0.4, 0.5) is 0 Å². The van der Waals surface area contributed by atoms with Crippen LogP contribution in [0.5, 0.6) is 0 Å². The van der Waals surface area contributed by atoms with Gasteiger partial charge >= 0.3 is 0 Å². The molecule has 3 heterocycles. The van der Waals surface area contributed by atoms with Gasteiger partial charge in [0.25, 0.3) is 5.56 Å². The quantitative estimate of drug-likeness (QED) is 0.765. The van der Waals surface area contributed by atoms with Gasteiger partial charge in [0.15, 0.2) is 0 Å². The Morgan fingerprint density at radius 2 is 2.15 bits per heavy atom. The average Bonchev–Trinajstić information content (AvgIpc) is 3.21. The van der Waals surface area contributed by atoms with Gasteiger partial charge in [-0.05, 0) is 36.3 Å². The zero-order chi connectivity index (χ0) is 18.3. The monoisotopic (exact) mass is 372 g/mol. The molecule has 0 spiro atoms. The minimum absolute atomic E-state index is 0.0234. The smallest absolute Gasteiger partial charge is 0.291 e. The van der Waals surface area contributed by atoms with Crippen molar-refractivity contribution < 1.29 is 4.79 Å². The molecule has 1 N–H and O–H groups in total. The number of nitrogens with zero attached hydrogens (tertiary/aromatic N) is 3. The van der Waals surface area contributed by atoms with Crippen LogP contribution in [0.3, 0.4) is 0 Å². The second-order valence-electron chi connectivity index (χ2n) is 7.20. The zero-order valence-corrected chi connectivity index (χ0v) is 16.0. The molecule has 1 saturated carbocycles. The van der Waals surface area contributed by atoms with Crippen LogP contribution in [0.1, 0.15) is 45.4 Å². The number of carbonyl (C=O) groups is 1. The Balaban J connectivity index is 1.65. The van der Waals surface area contributed by atoms with Crippen LogP contribution in [-0.4, -0.2) is 26.1 Å². The minimum atomic E-state index is -0.211. The molecular formula is C19H24N4O2S. The lowest BCUT2D eigenvalue weighted by molar-refractivity contribution is -0.123. The first-order valence-corrected chi connectivity index (χ1v) is 10.2. The fraction of sp³-hybridized carbons (Fsp3) is 0.526. The SMILES string of the molecule is CCc1nn(CC(=O)N[C@H]2CCCC[C@H]2C)c(=O)c2cc3sccc3n12. The predicted molar refractivity (Wildman–Crippen MR) is 104 cm³/mol. The molecule has 2 atom stereocenters. The third-order valence-corrected chi connectivity index (χ3v) is 6.29. The van der Waals surface area contributed by atoms with E-state index in [1.807, 2.05) is 28.8 Å². The van der Waals surface area contributed by atoms with Gasteiger partial charge in [0.05, 0.1) is 10.2 Å². The van der Waals surface area contributed by atoms with Crippen molar-refractivity contribution in [3.63, 3.8) is 0 Å². The zero-order valence-electron chi connectivity index (χ0n) is 15.2. The third kappa shape index (κ3) is 2.94. The molecule has 7 heteroatoms. The van der Waals surface area contributed by atoms with Crippen LogP contribution < -0.4 is 10.9 Å². The molecule has 4 rings (SSSR count). The Morgan fingerprint density at radius 1 is 1.35 bits per heavy atom. The highest BCUT2D eigenvalue weighted by Crippen LogP contribution is 2.25. The normalized spacial score (nSPS) is 20.7. The standard InChI is InChI=1S/C19H24N4O2S/c1-3-17-21-22(11-18(24)20-13-7-5-4-6-12(13)2)19(25)15-10-16-14(23(15)17)8-9-26-16/h8-10,12-13H,3-7,11H2,1-2H3,(H,20,24)/t12-,13+/m1/s1. The predicted octanol–water partition coefficient (Wildman–Crippen LogP) is 2.97. The van der Waals surface area contributed by atoms with E-state index in [4.69, 9.17) is 0 Å². The summed E-state index contributed by atoms with van der Waals surface area (Å²) in [5, 5.41) is 9.61. The first kappa shape index (κ1) is 17.3. The van der Waals surface area contributed by atoms with Crippen molar-refractivity contribution >= 4 is 33.0 Å². The van der Waals surface area contributed by atoms with Gasteiger partial charge in [-0.3, -0.25) is 14.0 Å². The van der Waals surface area contributed by atoms with Crippen molar-refractivity contribution in [1.29, 1.82) is 0 Å². The van der Waals surface area contributed by atoms with Crippen LogP contribution in [-0.2, 0) is 17.8 Å². The van der Waals surface area contributed by atoms with Crippen LogP contribution >= 0.6 is 11.3 Å². The van der Waals surface area contributed by atoms with Gasteiger partial charge in [-0.1, -0.05) is 26.7 Å². The molecule has 0 radical (unpaired) electrons. The molecule has 0 bridgehead atoms. The molecule has 0 aromatic carbocycles. The highest BCUT2D eigenvalue weighted by Gasteiger charge is 2.23. The van der Waals surface area contributed by atoms with E-state index in [1.54, 1.807) is 11.3 Å². The van der Waals surface area contributed by atoms with E-state index < -0.39 is 0 Å². The van der Waals surface area contributed by atoms with Crippen molar-refractivity contribution in [3.05, 3.63) is 33.7 Å². The summed E-state index contributed by atoms with van der Waals surface area (Å²) in [5.74, 6) is 1.16. The van der Waals surface area contributed by atoms with E-state index in [9.17, 15) is 9.59 Å². The van der Waals surface area contributed by atoms with Crippen molar-refractivity contribution in [2.75, 3.05) is 0 Å². The third-order valence-electron chi connectivity index (χ3n) is 5.44. The summed E-state index contributed by atoms with van der Waals surface area (Å²) in [4.78, 5) is 25.4. The van der Waals surface area contributed by atoms with Gasteiger partial charge in [0.1, 0.15) is 17.9 Å². The number of amides is 1. The Hall–Kier alpha value is -2.15. The lowest BCUT2D eigenvalue weighted by atomic mass is 9.86. The van der Waals surface area contributed by atoms with Crippen molar-refractivity contribution in [2.24, 2.45) is 5.92 Å². The van der Waals surface area contributed by atoms with E-state index in [1.165, 1.54) is 11.1 Å². The van der Waals surface area contributed by atoms with Gasteiger partial charge in [-0.25, -0.2) is 4.68 Å². The number of aromatic nitrogens is 3. The topological polar surface area (TPSA) is 68.4 Å². The Morgan fingerprint density at radius 3 is 2.92 bits per heavy atom. The molecule has 26 heavy (non-hydrogen) atoms. The van der Waals surface area contributed by atoms with E-state index in [0.717, 1.165) is 35.3 Å². The molecular weight excluding hydrogens is 348 g/mol. The summed E-state index contributed by atoms with van der Waals surface area (Å²) in [7, 11) is 0. The number of nitrogens with one attached hydrogen (secondary N) is 1. The maximum Gasteiger partial charge on any atom is 0.291 e. The van der Waals surface area contributed by atoms with E-state index in [-0.39, 0.29) is 24.1 Å². The number of hydrogen-bond donors (Lipinski definition) is 1. The van der Waals surface area contributed by atoms with Crippen LogP contribution in [0.15, 0.2) is 22.3 Å². The summed E-state index contributed by atoms with van der Waals surface area (Å²) >= 11 is 1.61. The molecule has 1 fully saturated rings. The highest BCUT2D eigenvalue weighted by atomic mass is 32.1. The van der Waals surface area contributed by atoms with Gasteiger partial charge in [-0.15, -0.1) is 11.3 Å². The number of aryl methyl sites for hydroxylation is 1. The molecule has 0 unspecified atom stereocenters. The van der Waals surface area contributed by atoms with Gasteiger partial charge in [-0.2, -0.15) is 5.10 Å². The second-order valence-corrected chi connectivity index (χ2v) is 8.15. The average molecular weight is 372 g/mol. The molecule has 0 saturated heterocycles. The van der Waals surface area contributed by atoms with Gasteiger partial charge in [0, 0.05) is 12.5 Å². The number of fused-ring (bicyclic) bond motifs is 3. The van der Waals surface area contributed by atoms with E-state index in [2.05, 4.69) is 17.3 Å². The second kappa shape index (κ2) is 6.87. The molecule has 1 aliphatic carbocycles. The molecule has 138 valence electrons. The number of rotatable bonds is 4. The van der Waals surface area contributed by atoms with E-state index >= 15 is 0 Å². The summed E-state index contributed by atoms with van der Waals surface area (Å²) in [5.41, 5.74) is 1.40. The largest absolute Gasteiger partial charge is 0.351 e. The highest BCUT2D eigenvalue weighted by molar-refractivity contribution is 7.17. The molecule has 1 amide bonds. The first-order valence-electron chi connectivity index (χ1n) is 9.36. The molecule has 3 aromatic heterocycles. The van der Waals surface area contributed by atoms with Gasteiger partial charge < -0.3 is 5.32 Å². The van der Waals surface area contributed by atoms with Crippen LogP contribution in [0.2, 0.25) is 0 Å². The Labute approximate surface area is 155 Å². The maximum atomic E-state index is 12.9. The number of carbonyl (C=O) groups excluding carboxylic acids is 1. The Kier molecular flexibility index (Phi) is 4.56. The minimum Gasteiger partial charge on any atom is -0.351 e. The molecule has 1 aliphatic rings. The molecule has 0 aliphatic heterocycles. The van der Waals surface area contributed by atoms with Gasteiger partial charge in [0.2, 0.25) is 5.91 Å². The maximum absolute atomic E-state index is 12.9. The molecule has 6 nitrogen and oxygen atoms in total. The summed E-state index contributed by atoms with van der Waals surface area (Å²) < 4.78 is 4.31. The van der Waals surface area contributed by atoms with Crippen LogP contribution in [0.25, 0.3) is 15.7 Å². The molecule has 3 aromatic rings. The van der Waals surface area contributed by atoms with Crippen molar-refractivity contribution in [1.82, 2.24) is 19.5 Å². The van der Waals surface area contributed by atoms with Crippen molar-refractivity contribution in [2.45, 2.75) is 58.5 Å². The number of thiophene rings is 1. The summed E-state index contributed by atoms with van der Waals surface area (Å²) in [6.07, 6.45) is 5.24. The fourth-order valence-electron chi connectivity index (χ4n) is 3.98. The number of hydrogen-bond acceptors (Lipinski definition) is 4. The Bertz CT molecular complexity index is 1020. The lowest BCUT2D eigenvalue weighted by Gasteiger charge is -2.29.